The van der Waals surface area contributed by atoms with Gasteiger partial charge in [0.2, 0.25) is 0 Å². The maximum Gasteiger partial charge on any atom is 0.573 e. The van der Waals surface area contributed by atoms with E-state index in [1.165, 1.54) is 10.9 Å². The highest BCUT2D eigenvalue weighted by Crippen LogP contribution is 2.64. The third-order valence-corrected chi connectivity index (χ3v) is 7.06. The third-order valence-electron chi connectivity index (χ3n) is 7.06. The van der Waals surface area contributed by atoms with E-state index in [2.05, 4.69) is 19.7 Å². The van der Waals surface area contributed by atoms with Crippen LogP contribution in [0.4, 0.5) is 27.8 Å². The van der Waals surface area contributed by atoms with Crippen molar-refractivity contribution in [2.75, 3.05) is 32.0 Å². The number of nitrogens with zero attached hydrogens (tertiary/aromatic N) is 4. The number of ether oxygens (including phenoxy) is 2. The van der Waals surface area contributed by atoms with E-state index in [0.717, 1.165) is 51.6 Å². The van der Waals surface area contributed by atoms with Gasteiger partial charge in [0.15, 0.2) is 11.6 Å². The van der Waals surface area contributed by atoms with Crippen molar-refractivity contribution in [3.63, 3.8) is 0 Å². The summed E-state index contributed by atoms with van der Waals surface area (Å²) in [6, 6.07) is 3.24. The fourth-order valence-corrected chi connectivity index (χ4v) is 5.60. The predicted octanol–water partition coefficient (Wildman–Crippen LogP) is 3.91. The Bertz CT molecular complexity index is 1010. The van der Waals surface area contributed by atoms with Crippen molar-refractivity contribution >= 4 is 5.82 Å². The number of nitrogen functional groups attached to an aromatic ring is 1. The first-order valence-corrected chi connectivity index (χ1v) is 11.4. The van der Waals surface area contributed by atoms with Crippen molar-refractivity contribution in [3.8, 4) is 17.0 Å². The molecule has 3 aliphatic rings. The molecule has 2 unspecified atom stereocenters. The Labute approximate surface area is 193 Å². The molecule has 3 heterocycles. The lowest BCUT2D eigenvalue weighted by molar-refractivity contribution is -0.274. The molecule has 2 aliphatic carbocycles. The van der Waals surface area contributed by atoms with Crippen molar-refractivity contribution in [1.82, 2.24) is 19.7 Å². The van der Waals surface area contributed by atoms with Gasteiger partial charge in [-0.15, -0.1) is 13.2 Å². The molecule has 2 aromatic heterocycles. The number of halogens is 5. The molecule has 0 radical (unpaired) electrons. The maximum absolute atomic E-state index is 13.3. The number of alkyl halides is 5. The average molecular weight is 487 g/mol. The SMILES string of the molecule is Nc1ncc(-c2cc(C3[C@H]4CC(N5CCCOCC5)C[C@@H]34)n(CC(F)F)n2)cc1OC(F)(F)F. The lowest BCUT2D eigenvalue weighted by Crippen LogP contribution is -2.36. The molecule has 4 atom stereocenters. The van der Waals surface area contributed by atoms with Gasteiger partial charge in [-0.25, -0.2) is 13.8 Å². The Kier molecular flexibility index (Phi) is 6.13. The second kappa shape index (κ2) is 8.95. The average Bonchev–Trinajstić information content (AvgIpc) is 3.14. The largest absolute Gasteiger partial charge is 0.573 e. The van der Waals surface area contributed by atoms with Gasteiger partial charge < -0.3 is 15.2 Å². The van der Waals surface area contributed by atoms with Crippen LogP contribution in [-0.2, 0) is 11.3 Å². The lowest BCUT2D eigenvalue weighted by atomic mass is 10.0. The standard InChI is InChI=1S/C22H26F5N5O2/c23-19(24)11-32-17(20-14-7-13(8-15(14)20)31-2-1-4-33-5-3-31)9-16(30-32)12-6-18(21(28)29-10-12)34-22(25,26)27/h6,9-10,13-15,19-20H,1-5,7-8,11H2,(H2,28,29)/t13?,14-,15+,20?. The van der Waals surface area contributed by atoms with E-state index < -0.39 is 30.9 Å². The molecular formula is C22H26F5N5O2. The molecule has 0 bridgehead atoms. The van der Waals surface area contributed by atoms with Crippen LogP contribution < -0.4 is 10.5 Å². The van der Waals surface area contributed by atoms with Crippen LogP contribution in [-0.4, -0.2) is 64.8 Å². The van der Waals surface area contributed by atoms with Gasteiger partial charge in [-0.3, -0.25) is 9.58 Å². The molecule has 1 saturated heterocycles. The van der Waals surface area contributed by atoms with Gasteiger partial charge in [-0.1, -0.05) is 0 Å². The molecule has 2 saturated carbocycles. The Hall–Kier alpha value is -2.47. The zero-order valence-electron chi connectivity index (χ0n) is 18.3. The van der Waals surface area contributed by atoms with E-state index in [-0.39, 0.29) is 17.2 Å². The second-order valence-corrected chi connectivity index (χ2v) is 9.16. The van der Waals surface area contributed by atoms with Gasteiger partial charge in [-0.05, 0) is 43.2 Å². The Morgan fingerprint density at radius 1 is 1.15 bits per heavy atom. The van der Waals surface area contributed by atoms with E-state index in [1.807, 2.05) is 0 Å². The number of rotatable bonds is 6. The van der Waals surface area contributed by atoms with E-state index in [4.69, 9.17) is 10.5 Å². The minimum atomic E-state index is -4.93. The Morgan fingerprint density at radius 2 is 1.91 bits per heavy atom. The quantitative estimate of drug-likeness (QED) is 0.623. The number of fused-ring (bicyclic) bond motifs is 1. The summed E-state index contributed by atoms with van der Waals surface area (Å²) in [7, 11) is 0. The molecule has 5 rings (SSSR count). The number of pyridine rings is 1. The summed E-state index contributed by atoms with van der Waals surface area (Å²) in [4.78, 5) is 6.24. The van der Waals surface area contributed by atoms with Crippen LogP contribution in [0, 0.1) is 11.8 Å². The molecule has 0 amide bonds. The topological polar surface area (TPSA) is 78.4 Å². The summed E-state index contributed by atoms with van der Waals surface area (Å²) in [5.41, 5.74) is 6.68. The zero-order valence-corrected chi connectivity index (χ0v) is 18.3. The number of aromatic nitrogens is 3. The second-order valence-electron chi connectivity index (χ2n) is 9.16. The monoisotopic (exact) mass is 487 g/mol. The molecule has 2 N–H and O–H groups in total. The summed E-state index contributed by atoms with van der Waals surface area (Å²) in [6.45, 7) is 2.86. The van der Waals surface area contributed by atoms with E-state index in [9.17, 15) is 22.0 Å². The summed E-state index contributed by atoms with van der Waals surface area (Å²) in [5.74, 6) is -0.169. The van der Waals surface area contributed by atoms with Crippen molar-refractivity contribution < 1.29 is 31.4 Å². The predicted molar refractivity (Wildman–Crippen MR) is 112 cm³/mol. The molecule has 1 aliphatic heterocycles. The number of hydrogen-bond donors (Lipinski definition) is 1. The minimum absolute atomic E-state index is 0.118. The van der Waals surface area contributed by atoms with Crippen molar-refractivity contribution in [3.05, 3.63) is 24.0 Å². The van der Waals surface area contributed by atoms with Gasteiger partial charge >= 0.3 is 6.36 Å². The summed E-state index contributed by atoms with van der Waals surface area (Å²) in [6.07, 6.45) is -3.27. The summed E-state index contributed by atoms with van der Waals surface area (Å²) >= 11 is 0. The molecule has 186 valence electrons. The van der Waals surface area contributed by atoms with Crippen molar-refractivity contribution in [1.29, 1.82) is 0 Å². The molecule has 2 aromatic rings. The van der Waals surface area contributed by atoms with Gasteiger partial charge in [0.25, 0.3) is 6.43 Å². The van der Waals surface area contributed by atoms with Crippen LogP contribution in [0.15, 0.2) is 18.3 Å². The van der Waals surface area contributed by atoms with Crippen LogP contribution in [0.2, 0.25) is 0 Å². The van der Waals surface area contributed by atoms with Gasteiger partial charge in [0.1, 0.15) is 6.54 Å². The molecule has 12 heteroatoms. The fraction of sp³-hybridized carbons (Fsp3) is 0.636. The molecular weight excluding hydrogens is 461 g/mol. The summed E-state index contributed by atoms with van der Waals surface area (Å²) in [5, 5.41) is 4.29. The summed E-state index contributed by atoms with van der Waals surface area (Å²) < 4.78 is 75.4. The zero-order chi connectivity index (χ0) is 24.0. The fourth-order valence-electron chi connectivity index (χ4n) is 5.60. The highest BCUT2D eigenvalue weighted by molar-refractivity contribution is 5.64. The van der Waals surface area contributed by atoms with Crippen LogP contribution in [0.5, 0.6) is 5.75 Å². The molecule has 3 fully saturated rings. The highest BCUT2D eigenvalue weighted by atomic mass is 19.4. The molecule has 34 heavy (non-hydrogen) atoms. The first-order valence-electron chi connectivity index (χ1n) is 11.4. The first kappa shape index (κ1) is 23.3. The minimum Gasteiger partial charge on any atom is -0.402 e. The van der Waals surface area contributed by atoms with E-state index >= 15 is 0 Å². The van der Waals surface area contributed by atoms with Crippen molar-refractivity contribution in [2.45, 2.75) is 50.6 Å². The normalized spacial score (nSPS) is 27.6. The first-order chi connectivity index (χ1) is 16.2. The van der Waals surface area contributed by atoms with Crippen LogP contribution in [0.25, 0.3) is 11.3 Å². The third kappa shape index (κ3) is 4.83. The Balaban J connectivity index is 1.36. The highest BCUT2D eigenvalue weighted by Gasteiger charge is 2.58. The van der Waals surface area contributed by atoms with Crippen LogP contribution in [0.3, 0.4) is 0 Å². The lowest BCUT2D eigenvalue weighted by Gasteiger charge is -2.28. The van der Waals surface area contributed by atoms with Crippen LogP contribution >= 0.6 is 0 Å². The maximum atomic E-state index is 13.3. The van der Waals surface area contributed by atoms with Gasteiger partial charge in [-0.2, -0.15) is 5.10 Å². The Morgan fingerprint density at radius 3 is 2.62 bits per heavy atom. The van der Waals surface area contributed by atoms with Gasteiger partial charge in [0, 0.05) is 49.1 Å². The van der Waals surface area contributed by atoms with Crippen LogP contribution in [0.1, 0.15) is 30.9 Å². The number of hydrogen-bond acceptors (Lipinski definition) is 6. The van der Waals surface area contributed by atoms with Gasteiger partial charge in [0.05, 0.1) is 12.3 Å². The molecule has 0 spiro atoms. The van der Waals surface area contributed by atoms with Crippen molar-refractivity contribution in [2.24, 2.45) is 11.8 Å². The molecule has 0 aromatic carbocycles. The molecule has 7 nitrogen and oxygen atoms in total. The number of nitrogens with two attached hydrogens (primary N) is 1. The smallest absolute Gasteiger partial charge is 0.402 e. The number of anilines is 1. The van der Waals surface area contributed by atoms with E-state index in [1.54, 1.807) is 6.07 Å². The van der Waals surface area contributed by atoms with E-state index in [0.29, 0.717) is 23.6 Å².